The van der Waals surface area contributed by atoms with Crippen LogP contribution in [0, 0.1) is 11.8 Å². The van der Waals surface area contributed by atoms with E-state index in [1.165, 1.54) is 0 Å². The predicted molar refractivity (Wildman–Crippen MR) is 60.2 cm³/mol. The van der Waals surface area contributed by atoms with Crippen molar-refractivity contribution in [2.75, 3.05) is 13.1 Å². The van der Waals surface area contributed by atoms with Crippen LogP contribution in [0.15, 0.2) is 0 Å². The molecule has 0 aromatic rings. The van der Waals surface area contributed by atoms with Crippen molar-refractivity contribution in [3.05, 3.63) is 0 Å². The lowest BCUT2D eigenvalue weighted by Gasteiger charge is -2.17. The average Bonchev–Trinajstić information content (AvgIpc) is 2.10. The van der Waals surface area contributed by atoms with Gasteiger partial charge in [-0.3, -0.25) is 4.79 Å². The second-order valence-electron chi connectivity index (χ2n) is 4.61. The molecule has 3 heteroatoms. The monoisotopic (exact) mass is 200 g/mol. The van der Waals surface area contributed by atoms with E-state index < -0.39 is 0 Å². The largest absolute Gasteiger partial charge is 0.355 e. The molecule has 2 N–H and O–H groups in total. The average molecular weight is 200 g/mol. The summed E-state index contributed by atoms with van der Waals surface area (Å²) in [5.74, 6) is 1.17. The van der Waals surface area contributed by atoms with E-state index in [4.69, 9.17) is 0 Å². The van der Waals surface area contributed by atoms with Crippen LogP contribution in [0.3, 0.4) is 0 Å². The summed E-state index contributed by atoms with van der Waals surface area (Å²) in [6.07, 6.45) is 0. The number of hydrogen-bond donors (Lipinski definition) is 2. The highest BCUT2D eigenvalue weighted by Crippen LogP contribution is 1.98. The molecular formula is C11H24N2O. The third kappa shape index (κ3) is 6.89. The summed E-state index contributed by atoms with van der Waals surface area (Å²) in [4.78, 5) is 11.3. The maximum atomic E-state index is 11.3. The van der Waals surface area contributed by atoms with Gasteiger partial charge in [0.25, 0.3) is 0 Å². The second-order valence-corrected chi connectivity index (χ2v) is 4.61. The SMILES string of the molecule is CC(C)CNC(=O)CNC(C)C(C)C. The van der Waals surface area contributed by atoms with Crippen molar-refractivity contribution in [2.24, 2.45) is 11.8 Å². The van der Waals surface area contributed by atoms with Crippen LogP contribution in [-0.2, 0) is 4.79 Å². The molecule has 1 unspecified atom stereocenters. The van der Waals surface area contributed by atoms with Crippen molar-refractivity contribution in [1.29, 1.82) is 0 Å². The van der Waals surface area contributed by atoms with Crippen molar-refractivity contribution < 1.29 is 4.79 Å². The van der Waals surface area contributed by atoms with Crippen molar-refractivity contribution in [1.82, 2.24) is 10.6 Å². The molecule has 0 aromatic heterocycles. The quantitative estimate of drug-likeness (QED) is 0.680. The van der Waals surface area contributed by atoms with Crippen molar-refractivity contribution >= 4 is 5.91 Å². The molecule has 0 saturated heterocycles. The van der Waals surface area contributed by atoms with Crippen molar-refractivity contribution in [3.8, 4) is 0 Å². The van der Waals surface area contributed by atoms with Crippen LogP contribution in [-0.4, -0.2) is 25.0 Å². The summed E-state index contributed by atoms with van der Waals surface area (Å²) in [6.45, 7) is 11.7. The van der Waals surface area contributed by atoms with Gasteiger partial charge in [-0.05, 0) is 18.8 Å². The van der Waals surface area contributed by atoms with Crippen LogP contribution < -0.4 is 10.6 Å². The molecule has 0 spiro atoms. The Morgan fingerprint density at radius 1 is 1.14 bits per heavy atom. The van der Waals surface area contributed by atoms with E-state index in [0.717, 1.165) is 6.54 Å². The molecule has 0 fully saturated rings. The minimum atomic E-state index is 0.0891. The van der Waals surface area contributed by atoms with Crippen LogP contribution in [0.2, 0.25) is 0 Å². The van der Waals surface area contributed by atoms with Gasteiger partial charge in [-0.2, -0.15) is 0 Å². The third-order valence-corrected chi connectivity index (χ3v) is 2.29. The van der Waals surface area contributed by atoms with Gasteiger partial charge < -0.3 is 10.6 Å². The van der Waals surface area contributed by atoms with Gasteiger partial charge in [0.05, 0.1) is 6.54 Å². The molecule has 84 valence electrons. The Balaban J connectivity index is 3.54. The highest BCUT2D eigenvalue weighted by atomic mass is 16.1. The van der Waals surface area contributed by atoms with E-state index >= 15 is 0 Å². The fraction of sp³-hybridized carbons (Fsp3) is 0.909. The first-order valence-corrected chi connectivity index (χ1v) is 5.43. The molecule has 0 aliphatic carbocycles. The highest BCUT2D eigenvalue weighted by molar-refractivity contribution is 5.77. The molecule has 0 bridgehead atoms. The number of amides is 1. The van der Waals surface area contributed by atoms with Crippen LogP contribution in [0.4, 0.5) is 0 Å². The smallest absolute Gasteiger partial charge is 0.233 e. The first-order valence-electron chi connectivity index (χ1n) is 5.43. The van der Waals surface area contributed by atoms with Gasteiger partial charge in [0, 0.05) is 12.6 Å². The van der Waals surface area contributed by atoms with Gasteiger partial charge in [0.1, 0.15) is 0 Å². The van der Waals surface area contributed by atoms with Gasteiger partial charge in [0.15, 0.2) is 0 Å². The molecule has 1 atom stereocenters. The standard InChI is InChI=1S/C11H24N2O/c1-8(2)6-13-11(14)7-12-10(5)9(3)4/h8-10,12H,6-7H2,1-5H3,(H,13,14). The molecule has 0 radical (unpaired) electrons. The van der Waals surface area contributed by atoms with Crippen LogP contribution in [0.5, 0.6) is 0 Å². The Bertz CT molecular complexity index is 167. The summed E-state index contributed by atoms with van der Waals surface area (Å²) in [6, 6.07) is 0.389. The first-order chi connectivity index (χ1) is 6.43. The van der Waals surface area contributed by atoms with E-state index in [-0.39, 0.29) is 5.91 Å². The summed E-state index contributed by atoms with van der Waals surface area (Å²) >= 11 is 0. The Morgan fingerprint density at radius 2 is 1.71 bits per heavy atom. The van der Waals surface area contributed by atoms with E-state index in [9.17, 15) is 4.79 Å². The molecule has 3 nitrogen and oxygen atoms in total. The number of carbonyl (C=O) groups excluding carboxylic acids is 1. The third-order valence-electron chi connectivity index (χ3n) is 2.29. The Hall–Kier alpha value is -0.570. The lowest BCUT2D eigenvalue weighted by atomic mass is 10.1. The van der Waals surface area contributed by atoms with E-state index in [1.54, 1.807) is 0 Å². The van der Waals surface area contributed by atoms with Crippen LogP contribution in [0.25, 0.3) is 0 Å². The van der Waals surface area contributed by atoms with Gasteiger partial charge in [-0.25, -0.2) is 0 Å². The molecule has 0 heterocycles. The topological polar surface area (TPSA) is 41.1 Å². The van der Waals surface area contributed by atoms with Crippen LogP contribution >= 0.6 is 0 Å². The van der Waals surface area contributed by atoms with Crippen molar-refractivity contribution in [3.63, 3.8) is 0 Å². The molecule has 0 rings (SSSR count). The Morgan fingerprint density at radius 3 is 2.14 bits per heavy atom. The fourth-order valence-corrected chi connectivity index (χ4v) is 0.870. The number of carbonyl (C=O) groups is 1. The Kier molecular flexibility index (Phi) is 6.54. The van der Waals surface area contributed by atoms with Gasteiger partial charge >= 0.3 is 0 Å². The summed E-state index contributed by atoms with van der Waals surface area (Å²) < 4.78 is 0. The Labute approximate surface area is 87.6 Å². The van der Waals surface area contributed by atoms with Gasteiger partial charge in [-0.15, -0.1) is 0 Å². The molecular weight excluding hydrogens is 176 g/mol. The van der Waals surface area contributed by atoms with E-state index in [0.29, 0.717) is 24.4 Å². The summed E-state index contributed by atoms with van der Waals surface area (Å²) in [7, 11) is 0. The zero-order valence-electron chi connectivity index (χ0n) is 10.1. The predicted octanol–water partition coefficient (Wildman–Crippen LogP) is 1.39. The minimum absolute atomic E-state index is 0.0891. The van der Waals surface area contributed by atoms with Crippen molar-refractivity contribution in [2.45, 2.75) is 40.7 Å². The molecule has 14 heavy (non-hydrogen) atoms. The molecule has 0 aliphatic heterocycles. The lowest BCUT2D eigenvalue weighted by molar-refractivity contribution is -0.120. The normalized spacial score (nSPS) is 13.4. The lowest BCUT2D eigenvalue weighted by Crippen LogP contribution is -2.40. The summed E-state index contributed by atoms with van der Waals surface area (Å²) in [5, 5.41) is 6.07. The molecule has 0 aromatic carbocycles. The second kappa shape index (κ2) is 6.82. The van der Waals surface area contributed by atoms with E-state index in [1.807, 2.05) is 0 Å². The number of hydrogen-bond acceptors (Lipinski definition) is 2. The number of nitrogens with one attached hydrogen (secondary N) is 2. The zero-order chi connectivity index (χ0) is 11.1. The van der Waals surface area contributed by atoms with Crippen LogP contribution in [0.1, 0.15) is 34.6 Å². The number of rotatable bonds is 6. The first kappa shape index (κ1) is 13.4. The molecule has 1 amide bonds. The highest BCUT2D eigenvalue weighted by Gasteiger charge is 2.08. The zero-order valence-corrected chi connectivity index (χ0v) is 10.1. The van der Waals surface area contributed by atoms with Gasteiger partial charge in [-0.1, -0.05) is 27.7 Å². The fourth-order valence-electron chi connectivity index (χ4n) is 0.870. The molecule has 0 saturated carbocycles. The minimum Gasteiger partial charge on any atom is -0.355 e. The summed E-state index contributed by atoms with van der Waals surface area (Å²) in [5.41, 5.74) is 0. The maximum Gasteiger partial charge on any atom is 0.233 e. The van der Waals surface area contributed by atoms with E-state index in [2.05, 4.69) is 45.3 Å². The van der Waals surface area contributed by atoms with Gasteiger partial charge in [0.2, 0.25) is 5.91 Å². The molecule has 0 aliphatic rings. The maximum absolute atomic E-state index is 11.3.